The molecule has 0 bridgehead atoms. The summed E-state index contributed by atoms with van der Waals surface area (Å²) in [5, 5.41) is 4.25. The van der Waals surface area contributed by atoms with E-state index in [0.717, 1.165) is 28.9 Å². The molecule has 6 nitrogen and oxygen atoms in total. The van der Waals surface area contributed by atoms with E-state index < -0.39 is 5.60 Å². The van der Waals surface area contributed by atoms with Crippen LogP contribution in [0.1, 0.15) is 44.5 Å². The van der Waals surface area contributed by atoms with Crippen LogP contribution in [0, 0.1) is 6.92 Å². The van der Waals surface area contributed by atoms with Crippen molar-refractivity contribution in [2.75, 3.05) is 13.1 Å². The van der Waals surface area contributed by atoms with Crippen LogP contribution in [0.3, 0.4) is 0 Å². The Morgan fingerprint density at radius 3 is 2.68 bits per heavy atom. The number of nitrogens with zero attached hydrogens (tertiary/aromatic N) is 4. The van der Waals surface area contributed by atoms with Crippen molar-refractivity contribution in [2.24, 2.45) is 7.05 Å². The smallest absolute Gasteiger partial charge is 0.410 e. The van der Waals surface area contributed by atoms with Crippen molar-refractivity contribution in [3.63, 3.8) is 0 Å². The average Bonchev–Trinajstić information content (AvgIpc) is 3.13. The predicted molar refractivity (Wildman–Crippen MR) is 96.3 cm³/mol. The molecule has 1 amide bonds. The maximum Gasteiger partial charge on any atom is 0.410 e. The highest BCUT2D eigenvalue weighted by Gasteiger charge is 2.31. The van der Waals surface area contributed by atoms with Gasteiger partial charge in [-0.2, -0.15) is 5.10 Å². The first kappa shape index (κ1) is 17.5. The van der Waals surface area contributed by atoms with Gasteiger partial charge in [-0.3, -0.25) is 9.67 Å². The second-order valence-corrected chi connectivity index (χ2v) is 7.74. The standard InChI is InChI=1S/C19H26N4O2/c1-13-8-15(16-10-20-22(5)11-16)9-17(21-13)14-6-7-23(12-14)18(24)25-19(2,3)4/h8-11,14H,6-7,12H2,1-5H3. The topological polar surface area (TPSA) is 60.2 Å². The molecule has 0 spiro atoms. The summed E-state index contributed by atoms with van der Waals surface area (Å²) in [6, 6.07) is 4.19. The maximum absolute atomic E-state index is 12.3. The van der Waals surface area contributed by atoms with Crippen molar-refractivity contribution in [3.8, 4) is 11.1 Å². The van der Waals surface area contributed by atoms with Crippen molar-refractivity contribution >= 4 is 6.09 Å². The lowest BCUT2D eigenvalue weighted by Gasteiger charge is -2.24. The molecule has 1 saturated heterocycles. The third kappa shape index (κ3) is 4.18. The van der Waals surface area contributed by atoms with Gasteiger partial charge in [0.15, 0.2) is 0 Å². The number of hydrogen-bond acceptors (Lipinski definition) is 4. The summed E-state index contributed by atoms with van der Waals surface area (Å²) in [4.78, 5) is 18.8. The Morgan fingerprint density at radius 2 is 2.04 bits per heavy atom. The van der Waals surface area contributed by atoms with Crippen LogP contribution in [0.4, 0.5) is 4.79 Å². The highest BCUT2D eigenvalue weighted by Crippen LogP contribution is 2.30. The van der Waals surface area contributed by atoms with Crippen LogP contribution in [-0.2, 0) is 11.8 Å². The van der Waals surface area contributed by atoms with Gasteiger partial charge < -0.3 is 9.64 Å². The molecule has 2 aromatic rings. The molecule has 134 valence electrons. The Kier molecular flexibility index (Phi) is 4.54. The second kappa shape index (κ2) is 6.50. The first-order chi connectivity index (χ1) is 11.7. The van der Waals surface area contributed by atoms with Crippen LogP contribution in [0.2, 0.25) is 0 Å². The normalized spacial score (nSPS) is 17.8. The van der Waals surface area contributed by atoms with Gasteiger partial charge in [0.2, 0.25) is 0 Å². The Hall–Kier alpha value is -2.37. The van der Waals surface area contributed by atoms with Crippen molar-refractivity contribution in [1.29, 1.82) is 0 Å². The molecular formula is C19H26N4O2. The number of amides is 1. The summed E-state index contributed by atoms with van der Waals surface area (Å²) in [6.07, 6.45) is 4.53. The number of rotatable bonds is 2. The van der Waals surface area contributed by atoms with Crippen LogP contribution in [0.5, 0.6) is 0 Å². The van der Waals surface area contributed by atoms with E-state index in [1.165, 1.54) is 0 Å². The highest BCUT2D eigenvalue weighted by atomic mass is 16.6. The highest BCUT2D eigenvalue weighted by molar-refractivity contribution is 5.69. The largest absolute Gasteiger partial charge is 0.444 e. The first-order valence-corrected chi connectivity index (χ1v) is 8.67. The molecule has 25 heavy (non-hydrogen) atoms. The van der Waals surface area contributed by atoms with Gasteiger partial charge in [-0.25, -0.2) is 4.79 Å². The zero-order valence-electron chi connectivity index (χ0n) is 15.6. The van der Waals surface area contributed by atoms with Gasteiger partial charge in [0.05, 0.1) is 6.20 Å². The molecule has 0 radical (unpaired) electrons. The fourth-order valence-electron chi connectivity index (χ4n) is 3.13. The summed E-state index contributed by atoms with van der Waals surface area (Å²) in [7, 11) is 1.91. The molecule has 0 saturated carbocycles. The van der Waals surface area contributed by atoms with Gasteiger partial charge >= 0.3 is 6.09 Å². The number of pyridine rings is 1. The predicted octanol–water partition coefficient (Wildman–Crippen LogP) is 3.51. The lowest BCUT2D eigenvalue weighted by Crippen LogP contribution is -2.35. The monoisotopic (exact) mass is 342 g/mol. The summed E-state index contributed by atoms with van der Waals surface area (Å²) < 4.78 is 7.28. The van der Waals surface area contributed by atoms with Crippen molar-refractivity contribution in [1.82, 2.24) is 19.7 Å². The van der Waals surface area contributed by atoms with E-state index in [0.29, 0.717) is 13.1 Å². The summed E-state index contributed by atoms with van der Waals surface area (Å²) in [6.45, 7) is 9.03. The Bertz CT molecular complexity index is 776. The number of aryl methyl sites for hydroxylation is 2. The number of carbonyl (C=O) groups excluding carboxylic acids is 1. The summed E-state index contributed by atoms with van der Waals surface area (Å²) in [5.74, 6) is 0.239. The Morgan fingerprint density at radius 1 is 1.28 bits per heavy atom. The molecule has 3 heterocycles. The van der Waals surface area contributed by atoms with E-state index in [2.05, 4.69) is 17.2 Å². The fraction of sp³-hybridized carbons (Fsp3) is 0.526. The molecule has 0 aromatic carbocycles. The molecule has 1 aliphatic rings. The summed E-state index contributed by atoms with van der Waals surface area (Å²) in [5.41, 5.74) is 3.74. The maximum atomic E-state index is 12.3. The minimum absolute atomic E-state index is 0.239. The molecular weight excluding hydrogens is 316 g/mol. The zero-order valence-corrected chi connectivity index (χ0v) is 15.6. The van der Waals surface area contributed by atoms with Gasteiger partial charge in [0.1, 0.15) is 5.60 Å². The molecule has 1 unspecified atom stereocenters. The SMILES string of the molecule is Cc1cc(-c2cnn(C)c2)cc(C2CCN(C(=O)OC(C)(C)C)C2)n1. The number of aromatic nitrogens is 3. The van der Waals surface area contributed by atoms with E-state index in [1.54, 1.807) is 9.58 Å². The van der Waals surface area contributed by atoms with Gasteiger partial charge in [-0.15, -0.1) is 0 Å². The molecule has 1 aliphatic heterocycles. The molecule has 6 heteroatoms. The quantitative estimate of drug-likeness (QED) is 0.838. The zero-order chi connectivity index (χ0) is 18.2. The van der Waals surface area contributed by atoms with Crippen LogP contribution in [-0.4, -0.2) is 44.4 Å². The third-order valence-corrected chi connectivity index (χ3v) is 4.27. The molecule has 0 N–H and O–H groups in total. The van der Waals surface area contributed by atoms with Gasteiger partial charge in [0, 0.05) is 49.2 Å². The number of hydrogen-bond donors (Lipinski definition) is 0. The Balaban J connectivity index is 1.77. The number of ether oxygens (including phenoxy) is 1. The van der Waals surface area contributed by atoms with E-state index in [1.807, 2.05) is 47.1 Å². The molecule has 2 aromatic heterocycles. The minimum atomic E-state index is -0.468. The molecule has 1 atom stereocenters. The number of carbonyl (C=O) groups is 1. The van der Waals surface area contributed by atoms with Crippen molar-refractivity contribution in [2.45, 2.75) is 45.6 Å². The van der Waals surface area contributed by atoms with Gasteiger partial charge in [0.25, 0.3) is 0 Å². The van der Waals surface area contributed by atoms with Gasteiger partial charge in [-0.05, 0) is 51.8 Å². The van der Waals surface area contributed by atoms with E-state index >= 15 is 0 Å². The van der Waals surface area contributed by atoms with Crippen molar-refractivity contribution in [3.05, 3.63) is 35.9 Å². The Labute approximate surface area is 148 Å². The fourth-order valence-corrected chi connectivity index (χ4v) is 3.13. The number of likely N-dealkylation sites (tertiary alicyclic amines) is 1. The molecule has 1 fully saturated rings. The molecule has 3 rings (SSSR count). The molecule has 0 aliphatic carbocycles. The van der Waals surface area contributed by atoms with E-state index in [9.17, 15) is 4.79 Å². The van der Waals surface area contributed by atoms with Crippen LogP contribution in [0.25, 0.3) is 11.1 Å². The first-order valence-electron chi connectivity index (χ1n) is 8.67. The van der Waals surface area contributed by atoms with E-state index in [4.69, 9.17) is 9.72 Å². The average molecular weight is 342 g/mol. The van der Waals surface area contributed by atoms with Gasteiger partial charge in [-0.1, -0.05) is 0 Å². The second-order valence-electron chi connectivity index (χ2n) is 7.74. The van der Waals surface area contributed by atoms with Crippen LogP contribution >= 0.6 is 0 Å². The lowest BCUT2D eigenvalue weighted by atomic mass is 10.00. The lowest BCUT2D eigenvalue weighted by molar-refractivity contribution is 0.0292. The minimum Gasteiger partial charge on any atom is -0.444 e. The summed E-state index contributed by atoms with van der Waals surface area (Å²) >= 11 is 0. The van der Waals surface area contributed by atoms with Crippen LogP contribution < -0.4 is 0 Å². The van der Waals surface area contributed by atoms with Crippen LogP contribution in [0.15, 0.2) is 24.5 Å². The van der Waals surface area contributed by atoms with E-state index in [-0.39, 0.29) is 12.0 Å². The third-order valence-electron chi connectivity index (χ3n) is 4.27. The van der Waals surface area contributed by atoms with Crippen molar-refractivity contribution < 1.29 is 9.53 Å².